The molecule has 3 aliphatic heterocycles. The number of anilines is 1. The van der Waals surface area contributed by atoms with Gasteiger partial charge < -0.3 is 14.8 Å². The van der Waals surface area contributed by atoms with Crippen LogP contribution < -0.4 is 10.2 Å². The van der Waals surface area contributed by atoms with Gasteiger partial charge in [0.1, 0.15) is 11.4 Å². The standard InChI is InChI=1S/C17H23N3O3/c21-16-20(12-17(23-16)6-9-22-10-7-17)15-5-1-4-14(19-15)13-3-2-8-18-11-13/h1,4-5,13,18H,2-3,6-12H2/t13-/m1/s1. The van der Waals surface area contributed by atoms with E-state index in [-0.39, 0.29) is 11.7 Å². The van der Waals surface area contributed by atoms with E-state index in [0.717, 1.165) is 38.0 Å². The highest BCUT2D eigenvalue weighted by atomic mass is 16.6. The van der Waals surface area contributed by atoms with Crippen molar-refractivity contribution in [2.75, 3.05) is 37.7 Å². The van der Waals surface area contributed by atoms with Crippen molar-refractivity contribution in [3.05, 3.63) is 23.9 Å². The molecule has 1 aromatic rings. The Labute approximate surface area is 136 Å². The van der Waals surface area contributed by atoms with Gasteiger partial charge in [0.25, 0.3) is 0 Å². The average molecular weight is 317 g/mol. The second kappa shape index (κ2) is 6.09. The Kier molecular flexibility index (Phi) is 3.95. The Bertz CT molecular complexity index is 580. The van der Waals surface area contributed by atoms with Crippen LogP contribution in [0.1, 0.15) is 37.3 Å². The highest BCUT2D eigenvalue weighted by Gasteiger charge is 2.47. The van der Waals surface area contributed by atoms with E-state index < -0.39 is 0 Å². The van der Waals surface area contributed by atoms with E-state index in [4.69, 9.17) is 14.5 Å². The molecule has 1 N–H and O–H groups in total. The maximum atomic E-state index is 12.3. The van der Waals surface area contributed by atoms with Crippen molar-refractivity contribution in [3.8, 4) is 0 Å². The van der Waals surface area contributed by atoms with Crippen molar-refractivity contribution in [3.63, 3.8) is 0 Å². The molecule has 0 radical (unpaired) electrons. The lowest BCUT2D eigenvalue weighted by atomic mass is 9.94. The lowest BCUT2D eigenvalue weighted by Gasteiger charge is -2.30. The summed E-state index contributed by atoms with van der Waals surface area (Å²) in [6.45, 7) is 3.93. The second-order valence-corrected chi connectivity index (χ2v) is 6.71. The van der Waals surface area contributed by atoms with Crippen LogP contribution in [0.25, 0.3) is 0 Å². The zero-order valence-corrected chi connectivity index (χ0v) is 13.3. The number of piperidine rings is 1. The molecule has 4 rings (SSSR count). The lowest BCUT2D eigenvalue weighted by Crippen LogP contribution is -2.40. The van der Waals surface area contributed by atoms with Crippen LogP contribution in [0.15, 0.2) is 18.2 Å². The van der Waals surface area contributed by atoms with E-state index in [1.165, 1.54) is 6.42 Å². The molecule has 6 nitrogen and oxygen atoms in total. The number of ether oxygens (including phenoxy) is 2. The molecular weight excluding hydrogens is 294 g/mol. The second-order valence-electron chi connectivity index (χ2n) is 6.71. The first kappa shape index (κ1) is 14.9. The maximum Gasteiger partial charge on any atom is 0.416 e. The number of nitrogens with one attached hydrogen (secondary N) is 1. The molecule has 124 valence electrons. The number of pyridine rings is 1. The van der Waals surface area contributed by atoms with Crippen LogP contribution in [0.2, 0.25) is 0 Å². The molecule has 3 saturated heterocycles. The average Bonchev–Trinajstić information content (AvgIpc) is 2.92. The Morgan fingerprint density at radius 1 is 1.30 bits per heavy atom. The van der Waals surface area contributed by atoms with Crippen LogP contribution in [-0.2, 0) is 9.47 Å². The first-order valence-corrected chi connectivity index (χ1v) is 8.52. The van der Waals surface area contributed by atoms with E-state index in [1.54, 1.807) is 4.90 Å². The van der Waals surface area contributed by atoms with E-state index in [1.807, 2.05) is 12.1 Å². The van der Waals surface area contributed by atoms with Gasteiger partial charge in [0, 0.05) is 31.0 Å². The van der Waals surface area contributed by atoms with Gasteiger partial charge in [-0.2, -0.15) is 0 Å². The van der Waals surface area contributed by atoms with Crippen LogP contribution in [0.5, 0.6) is 0 Å². The maximum absolute atomic E-state index is 12.3. The first-order chi connectivity index (χ1) is 11.3. The minimum Gasteiger partial charge on any atom is -0.440 e. The van der Waals surface area contributed by atoms with Gasteiger partial charge in [0.05, 0.1) is 19.8 Å². The molecule has 3 aliphatic rings. The summed E-state index contributed by atoms with van der Waals surface area (Å²) in [6, 6.07) is 5.96. The largest absolute Gasteiger partial charge is 0.440 e. The number of hydrogen-bond donors (Lipinski definition) is 1. The minimum atomic E-state index is -0.389. The van der Waals surface area contributed by atoms with Crippen molar-refractivity contribution in [1.82, 2.24) is 10.3 Å². The number of carbonyl (C=O) groups excluding carboxylic acids is 1. The molecule has 4 heterocycles. The first-order valence-electron chi connectivity index (χ1n) is 8.52. The van der Waals surface area contributed by atoms with Gasteiger partial charge in [-0.1, -0.05) is 6.07 Å². The fourth-order valence-electron chi connectivity index (χ4n) is 3.72. The van der Waals surface area contributed by atoms with Crippen LogP contribution in [0, 0.1) is 0 Å². The van der Waals surface area contributed by atoms with E-state index in [9.17, 15) is 4.79 Å². The number of amides is 1. The molecule has 1 amide bonds. The van der Waals surface area contributed by atoms with Crippen LogP contribution in [-0.4, -0.2) is 49.5 Å². The molecule has 0 unspecified atom stereocenters. The summed E-state index contributed by atoms with van der Waals surface area (Å²) < 4.78 is 11.1. The lowest BCUT2D eigenvalue weighted by molar-refractivity contribution is -0.0431. The molecule has 1 aromatic heterocycles. The Morgan fingerprint density at radius 3 is 2.96 bits per heavy atom. The van der Waals surface area contributed by atoms with Gasteiger partial charge in [-0.15, -0.1) is 0 Å². The van der Waals surface area contributed by atoms with Crippen LogP contribution >= 0.6 is 0 Å². The summed E-state index contributed by atoms with van der Waals surface area (Å²) in [4.78, 5) is 18.8. The summed E-state index contributed by atoms with van der Waals surface area (Å²) in [5.41, 5.74) is 0.676. The van der Waals surface area contributed by atoms with Gasteiger partial charge >= 0.3 is 6.09 Å². The molecule has 23 heavy (non-hydrogen) atoms. The van der Waals surface area contributed by atoms with Crippen LogP contribution in [0.4, 0.5) is 10.6 Å². The van der Waals surface area contributed by atoms with Crippen molar-refractivity contribution >= 4 is 11.9 Å². The molecule has 1 atom stereocenters. The van der Waals surface area contributed by atoms with Gasteiger partial charge in [-0.3, -0.25) is 4.90 Å². The summed E-state index contributed by atoms with van der Waals surface area (Å²) >= 11 is 0. The van der Waals surface area contributed by atoms with E-state index in [2.05, 4.69) is 11.4 Å². The summed E-state index contributed by atoms with van der Waals surface area (Å²) in [5, 5.41) is 3.42. The predicted molar refractivity (Wildman–Crippen MR) is 85.7 cm³/mol. The summed E-state index contributed by atoms with van der Waals surface area (Å²) in [6.07, 6.45) is 3.57. The highest BCUT2D eigenvalue weighted by Crippen LogP contribution is 2.35. The Hall–Kier alpha value is -1.66. The molecule has 0 aliphatic carbocycles. The van der Waals surface area contributed by atoms with E-state index >= 15 is 0 Å². The molecule has 0 bridgehead atoms. The molecular formula is C17H23N3O3. The topological polar surface area (TPSA) is 63.7 Å². The van der Waals surface area contributed by atoms with Gasteiger partial charge in [0.2, 0.25) is 0 Å². The number of aromatic nitrogens is 1. The van der Waals surface area contributed by atoms with Crippen molar-refractivity contribution in [1.29, 1.82) is 0 Å². The van der Waals surface area contributed by atoms with E-state index in [0.29, 0.717) is 31.5 Å². The third-order valence-corrected chi connectivity index (χ3v) is 5.12. The third-order valence-electron chi connectivity index (χ3n) is 5.12. The fourth-order valence-corrected chi connectivity index (χ4v) is 3.72. The summed E-state index contributed by atoms with van der Waals surface area (Å²) in [7, 11) is 0. The Balaban J connectivity index is 1.54. The number of carbonyl (C=O) groups is 1. The van der Waals surface area contributed by atoms with Gasteiger partial charge in [0.15, 0.2) is 0 Å². The molecule has 0 aromatic carbocycles. The highest BCUT2D eigenvalue weighted by molar-refractivity contribution is 5.89. The number of nitrogens with zero attached hydrogens (tertiary/aromatic N) is 2. The monoisotopic (exact) mass is 317 g/mol. The third kappa shape index (κ3) is 2.93. The van der Waals surface area contributed by atoms with Gasteiger partial charge in [-0.25, -0.2) is 9.78 Å². The SMILES string of the molecule is O=C1OC2(CCOCC2)CN1c1cccc([C@@H]2CCCNC2)n1. The zero-order valence-electron chi connectivity index (χ0n) is 13.3. The summed E-state index contributed by atoms with van der Waals surface area (Å²) in [5.74, 6) is 1.14. The minimum absolute atomic E-state index is 0.279. The zero-order chi connectivity index (χ0) is 15.7. The smallest absolute Gasteiger partial charge is 0.416 e. The van der Waals surface area contributed by atoms with Crippen LogP contribution in [0.3, 0.4) is 0 Å². The quantitative estimate of drug-likeness (QED) is 0.904. The molecule has 0 saturated carbocycles. The predicted octanol–water partition coefficient (Wildman–Crippen LogP) is 2.05. The van der Waals surface area contributed by atoms with Crippen molar-refractivity contribution in [2.24, 2.45) is 0 Å². The van der Waals surface area contributed by atoms with Gasteiger partial charge in [-0.05, 0) is 31.5 Å². The Morgan fingerprint density at radius 2 is 2.17 bits per heavy atom. The van der Waals surface area contributed by atoms with Crippen molar-refractivity contribution < 1.29 is 14.3 Å². The fraction of sp³-hybridized carbons (Fsp3) is 0.647. The van der Waals surface area contributed by atoms with Crippen molar-refractivity contribution in [2.45, 2.75) is 37.2 Å². The molecule has 6 heteroatoms. The molecule has 1 spiro atoms. The number of rotatable bonds is 2. The number of hydrogen-bond acceptors (Lipinski definition) is 5. The molecule has 3 fully saturated rings. The normalized spacial score (nSPS) is 27.2.